The molecule has 0 aromatic heterocycles. The highest BCUT2D eigenvalue weighted by atomic mass is 16.5. The molecule has 1 aliphatic heterocycles. The van der Waals surface area contributed by atoms with Crippen molar-refractivity contribution < 1.29 is 29.3 Å². The second kappa shape index (κ2) is 10.1. The number of nitrogens with one attached hydrogen (secondary N) is 2. The second-order valence-electron chi connectivity index (χ2n) is 7.46. The minimum atomic E-state index is -0.740. The van der Waals surface area contributed by atoms with Crippen LogP contribution in [-0.2, 0) is 11.2 Å². The van der Waals surface area contributed by atoms with Gasteiger partial charge in [0.25, 0.3) is 5.91 Å². The van der Waals surface area contributed by atoms with Crippen molar-refractivity contribution in [2.45, 2.75) is 31.9 Å². The summed E-state index contributed by atoms with van der Waals surface area (Å²) >= 11 is 0. The third-order valence-electron chi connectivity index (χ3n) is 4.88. The summed E-state index contributed by atoms with van der Waals surface area (Å²) in [5, 5.41) is 26.0. The Morgan fingerprint density at radius 1 is 1.23 bits per heavy atom. The number of rotatable bonds is 10. The van der Waals surface area contributed by atoms with E-state index in [-0.39, 0.29) is 36.5 Å². The van der Waals surface area contributed by atoms with Gasteiger partial charge in [0, 0.05) is 36.3 Å². The average molecular weight is 429 g/mol. The Labute approximate surface area is 180 Å². The van der Waals surface area contributed by atoms with Crippen LogP contribution in [0, 0.1) is 0 Å². The topological polar surface area (TPSA) is 143 Å². The van der Waals surface area contributed by atoms with Crippen LogP contribution in [0.3, 0.4) is 0 Å². The van der Waals surface area contributed by atoms with E-state index in [4.69, 9.17) is 15.2 Å². The van der Waals surface area contributed by atoms with E-state index < -0.39 is 12.0 Å². The molecule has 2 atom stereocenters. The zero-order valence-corrected chi connectivity index (χ0v) is 17.3. The summed E-state index contributed by atoms with van der Waals surface area (Å²) < 4.78 is 11.4. The maximum Gasteiger partial charge on any atom is 0.252 e. The molecule has 31 heavy (non-hydrogen) atoms. The van der Waals surface area contributed by atoms with Crippen molar-refractivity contribution in [3.63, 3.8) is 0 Å². The van der Waals surface area contributed by atoms with Crippen molar-refractivity contribution in [1.29, 1.82) is 0 Å². The van der Waals surface area contributed by atoms with E-state index in [9.17, 15) is 19.8 Å². The van der Waals surface area contributed by atoms with Crippen molar-refractivity contribution in [3.05, 3.63) is 47.5 Å². The number of benzene rings is 2. The molecule has 6 N–H and O–H groups in total. The normalized spacial score (nSPS) is 14.8. The van der Waals surface area contributed by atoms with Gasteiger partial charge in [-0.05, 0) is 37.6 Å². The van der Waals surface area contributed by atoms with E-state index in [1.165, 1.54) is 12.1 Å². The lowest BCUT2D eigenvalue weighted by Gasteiger charge is -2.22. The first-order valence-electron chi connectivity index (χ1n) is 10.0. The van der Waals surface area contributed by atoms with E-state index >= 15 is 0 Å². The number of aromatic hydroxyl groups is 1. The van der Waals surface area contributed by atoms with Gasteiger partial charge in [0.1, 0.15) is 36.6 Å². The number of amides is 2. The summed E-state index contributed by atoms with van der Waals surface area (Å²) in [6.45, 7) is 2.58. The highest BCUT2D eigenvalue weighted by molar-refractivity contribution is 5.95. The zero-order chi connectivity index (χ0) is 22.4. The number of carbonyl (C=O) groups is 2. The quantitative estimate of drug-likeness (QED) is 0.381. The molecule has 3 rings (SSSR count). The van der Waals surface area contributed by atoms with E-state index in [0.717, 1.165) is 11.3 Å². The Kier molecular flexibility index (Phi) is 7.32. The van der Waals surface area contributed by atoms with Gasteiger partial charge in [-0.2, -0.15) is 0 Å². The molecule has 1 aliphatic rings. The summed E-state index contributed by atoms with van der Waals surface area (Å²) in [6.07, 6.45) is 0.281. The number of primary amides is 1. The largest absolute Gasteiger partial charge is 0.507 e. The Hall–Kier alpha value is -3.30. The minimum Gasteiger partial charge on any atom is -0.507 e. The molecule has 0 saturated carbocycles. The number of phenols is 1. The molecule has 2 aromatic rings. The molecular weight excluding hydrogens is 402 g/mol. The van der Waals surface area contributed by atoms with Crippen molar-refractivity contribution in [2.75, 3.05) is 25.1 Å². The standard InChI is InChI=1S/C22H27N3O6/c1-13(11-30-15-5-6-17(22(23)29)19(27)9-15)24-10-14(26)12-31-20-4-2-3-18-16(20)7-8-21(28)25-18/h2-6,9,13-14,24,26-27H,7-8,10-12H2,1H3,(H2,23,29)(H,25,28). The van der Waals surface area contributed by atoms with Gasteiger partial charge in [0.2, 0.25) is 5.91 Å². The van der Waals surface area contributed by atoms with E-state index in [1.807, 2.05) is 19.1 Å². The number of hydrogen-bond acceptors (Lipinski definition) is 7. The summed E-state index contributed by atoms with van der Waals surface area (Å²) in [4.78, 5) is 22.6. The first-order valence-corrected chi connectivity index (χ1v) is 10.0. The molecule has 166 valence electrons. The number of nitrogens with two attached hydrogens (primary N) is 1. The number of fused-ring (bicyclic) bond motifs is 1. The Morgan fingerprint density at radius 2 is 2.03 bits per heavy atom. The first-order chi connectivity index (χ1) is 14.8. The minimum absolute atomic E-state index is 0.0101. The molecule has 2 amide bonds. The van der Waals surface area contributed by atoms with Crippen molar-refractivity contribution in [3.8, 4) is 17.2 Å². The van der Waals surface area contributed by atoms with Gasteiger partial charge in [-0.3, -0.25) is 9.59 Å². The molecule has 2 unspecified atom stereocenters. The van der Waals surface area contributed by atoms with Gasteiger partial charge < -0.3 is 36.1 Å². The molecule has 0 radical (unpaired) electrons. The molecule has 0 spiro atoms. The van der Waals surface area contributed by atoms with Gasteiger partial charge in [0.15, 0.2) is 0 Å². The molecule has 0 saturated heterocycles. The highest BCUT2D eigenvalue weighted by Gasteiger charge is 2.19. The predicted octanol–water partition coefficient (Wildman–Crippen LogP) is 1.17. The van der Waals surface area contributed by atoms with Crippen molar-refractivity contribution in [2.24, 2.45) is 5.73 Å². The van der Waals surface area contributed by atoms with Crippen LogP contribution in [0.5, 0.6) is 17.2 Å². The number of ether oxygens (including phenoxy) is 2. The number of aliphatic hydroxyl groups is 1. The zero-order valence-electron chi connectivity index (χ0n) is 17.3. The molecule has 2 aromatic carbocycles. The van der Waals surface area contributed by atoms with Crippen molar-refractivity contribution in [1.82, 2.24) is 5.32 Å². The number of carbonyl (C=O) groups excluding carboxylic acids is 2. The molecule has 9 heteroatoms. The lowest BCUT2D eigenvalue weighted by atomic mass is 10.0. The molecule has 0 bridgehead atoms. The summed E-state index contributed by atoms with van der Waals surface area (Å²) in [5.41, 5.74) is 6.88. The average Bonchev–Trinajstić information content (AvgIpc) is 2.74. The monoisotopic (exact) mass is 429 g/mol. The Bertz CT molecular complexity index is 949. The number of aliphatic hydroxyl groups excluding tert-OH is 1. The molecule has 1 heterocycles. The maximum absolute atomic E-state index is 11.5. The number of anilines is 1. The Balaban J connectivity index is 1.41. The van der Waals surface area contributed by atoms with Gasteiger partial charge in [-0.15, -0.1) is 0 Å². The van der Waals surface area contributed by atoms with Crippen molar-refractivity contribution >= 4 is 17.5 Å². The second-order valence-corrected chi connectivity index (χ2v) is 7.46. The molecular formula is C22H27N3O6. The maximum atomic E-state index is 11.5. The van der Waals surface area contributed by atoms with Gasteiger partial charge in [0.05, 0.1) is 5.56 Å². The fraction of sp³-hybridized carbons (Fsp3) is 0.364. The van der Waals surface area contributed by atoms with Crippen LogP contribution >= 0.6 is 0 Å². The van der Waals surface area contributed by atoms with Crippen LogP contribution in [0.2, 0.25) is 0 Å². The summed E-state index contributed by atoms with van der Waals surface area (Å²) in [7, 11) is 0. The lowest BCUT2D eigenvalue weighted by Crippen LogP contribution is -2.39. The fourth-order valence-corrected chi connectivity index (χ4v) is 3.20. The van der Waals surface area contributed by atoms with Gasteiger partial charge in [-0.1, -0.05) is 6.07 Å². The van der Waals surface area contributed by atoms with Crippen LogP contribution in [-0.4, -0.2) is 53.9 Å². The summed E-state index contributed by atoms with van der Waals surface area (Å²) in [6, 6.07) is 9.66. The predicted molar refractivity (Wildman–Crippen MR) is 114 cm³/mol. The van der Waals surface area contributed by atoms with Crippen LogP contribution in [0.15, 0.2) is 36.4 Å². The third-order valence-corrected chi connectivity index (χ3v) is 4.88. The SMILES string of the molecule is CC(COc1ccc(C(N)=O)c(O)c1)NCC(O)COc1cccc2c1CCC(=O)N2. The Morgan fingerprint density at radius 3 is 2.77 bits per heavy atom. The van der Waals surface area contributed by atoms with Crippen LogP contribution in [0.4, 0.5) is 5.69 Å². The van der Waals surface area contributed by atoms with E-state index in [0.29, 0.717) is 30.9 Å². The van der Waals surface area contributed by atoms with Crippen LogP contribution < -0.4 is 25.8 Å². The first kappa shape index (κ1) is 22.4. The van der Waals surface area contributed by atoms with E-state index in [2.05, 4.69) is 10.6 Å². The van der Waals surface area contributed by atoms with Crippen LogP contribution in [0.1, 0.15) is 29.3 Å². The van der Waals surface area contributed by atoms with E-state index in [1.54, 1.807) is 12.1 Å². The smallest absolute Gasteiger partial charge is 0.252 e. The molecule has 9 nitrogen and oxygen atoms in total. The fourth-order valence-electron chi connectivity index (χ4n) is 3.20. The van der Waals surface area contributed by atoms with Gasteiger partial charge >= 0.3 is 0 Å². The third kappa shape index (κ3) is 6.09. The number of hydrogen-bond donors (Lipinski definition) is 5. The highest BCUT2D eigenvalue weighted by Crippen LogP contribution is 2.31. The lowest BCUT2D eigenvalue weighted by molar-refractivity contribution is -0.116. The van der Waals surface area contributed by atoms with Crippen LogP contribution in [0.25, 0.3) is 0 Å². The summed E-state index contributed by atoms with van der Waals surface area (Å²) in [5.74, 6) is 0.106. The molecule has 0 aliphatic carbocycles. The van der Waals surface area contributed by atoms with Gasteiger partial charge in [-0.25, -0.2) is 0 Å². The molecule has 0 fully saturated rings.